The molecule has 2 saturated carbocycles. The van der Waals surface area contributed by atoms with Crippen LogP contribution in [-0.2, 0) is 4.74 Å². The van der Waals surface area contributed by atoms with Crippen LogP contribution in [0.3, 0.4) is 0 Å². The van der Waals surface area contributed by atoms with E-state index in [1.165, 1.54) is 19.4 Å². The third-order valence-corrected chi connectivity index (χ3v) is 5.79. The highest BCUT2D eigenvalue weighted by Crippen LogP contribution is 2.58. The molecule has 3 fully saturated rings. The predicted octanol–water partition coefficient (Wildman–Crippen LogP) is 2.25. The summed E-state index contributed by atoms with van der Waals surface area (Å²) in [5.41, 5.74) is 6.96. The molecule has 1 heterocycles. The molecule has 0 spiro atoms. The fraction of sp³-hybridized carbons (Fsp3) is 1.00. The Morgan fingerprint density at radius 2 is 1.95 bits per heavy atom. The van der Waals surface area contributed by atoms with Gasteiger partial charge in [0, 0.05) is 42.6 Å². The number of nitrogens with two attached hydrogens (primary N) is 1. The zero-order chi connectivity index (χ0) is 13.8. The van der Waals surface area contributed by atoms with Gasteiger partial charge in [-0.1, -0.05) is 27.7 Å². The van der Waals surface area contributed by atoms with Crippen molar-refractivity contribution in [3.05, 3.63) is 0 Å². The minimum Gasteiger partial charge on any atom is -0.377 e. The summed E-state index contributed by atoms with van der Waals surface area (Å²) >= 11 is 0. The molecule has 3 atom stereocenters. The first-order valence-corrected chi connectivity index (χ1v) is 8.01. The Balaban J connectivity index is 1.73. The Bertz CT molecular complexity index is 351. The van der Waals surface area contributed by atoms with Gasteiger partial charge in [-0.05, 0) is 25.2 Å². The van der Waals surface area contributed by atoms with Crippen LogP contribution in [0.15, 0.2) is 0 Å². The van der Waals surface area contributed by atoms with Gasteiger partial charge in [-0.3, -0.25) is 4.90 Å². The first-order chi connectivity index (χ1) is 8.86. The molecule has 1 aliphatic heterocycles. The van der Waals surface area contributed by atoms with Crippen molar-refractivity contribution in [2.24, 2.45) is 23.0 Å². The van der Waals surface area contributed by atoms with Crippen LogP contribution in [-0.4, -0.2) is 42.3 Å². The largest absolute Gasteiger partial charge is 0.377 e. The number of hydrogen-bond donors (Lipinski definition) is 1. The zero-order valence-electron chi connectivity index (χ0n) is 13.0. The molecule has 0 aromatic rings. The number of ether oxygens (including phenoxy) is 1. The lowest BCUT2D eigenvalue weighted by Crippen LogP contribution is -2.78. The fourth-order valence-corrected chi connectivity index (χ4v) is 4.38. The Hall–Kier alpha value is -0.120. The van der Waals surface area contributed by atoms with E-state index >= 15 is 0 Å². The van der Waals surface area contributed by atoms with Crippen LogP contribution < -0.4 is 5.73 Å². The highest BCUT2D eigenvalue weighted by Gasteiger charge is 2.68. The molecule has 0 bridgehead atoms. The Morgan fingerprint density at radius 1 is 1.26 bits per heavy atom. The second-order valence-corrected chi connectivity index (χ2v) is 8.00. The summed E-state index contributed by atoms with van der Waals surface area (Å²) in [5, 5.41) is 0. The van der Waals surface area contributed by atoms with Crippen LogP contribution in [0, 0.1) is 17.3 Å². The molecule has 0 aromatic carbocycles. The number of hydrogen-bond acceptors (Lipinski definition) is 3. The van der Waals surface area contributed by atoms with E-state index in [0.29, 0.717) is 12.0 Å². The summed E-state index contributed by atoms with van der Waals surface area (Å²) in [4.78, 5) is 2.67. The maximum atomic E-state index is 6.89. The third kappa shape index (κ3) is 2.05. The Morgan fingerprint density at radius 3 is 2.53 bits per heavy atom. The van der Waals surface area contributed by atoms with Gasteiger partial charge in [0.1, 0.15) is 0 Å². The molecule has 110 valence electrons. The highest BCUT2D eigenvalue weighted by molar-refractivity contribution is 5.22. The first-order valence-electron chi connectivity index (χ1n) is 8.01. The summed E-state index contributed by atoms with van der Waals surface area (Å²) < 4.78 is 5.90. The second kappa shape index (κ2) is 4.44. The number of rotatable bonds is 5. The van der Waals surface area contributed by atoms with Crippen molar-refractivity contribution in [1.29, 1.82) is 0 Å². The first kappa shape index (κ1) is 13.8. The average molecular weight is 266 g/mol. The Kier molecular flexibility index (Phi) is 3.23. The molecule has 3 aliphatic rings. The van der Waals surface area contributed by atoms with Crippen LogP contribution in [0.25, 0.3) is 0 Å². The van der Waals surface area contributed by atoms with Gasteiger partial charge in [0.2, 0.25) is 0 Å². The van der Waals surface area contributed by atoms with Gasteiger partial charge in [0.05, 0.1) is 6.10 Å². The van der Waals surface area contributed by atoms with Crippen molar-refractivity contribution in [3.63, 3.8) is 0 Å². The molecule has 3 nitrogen and oxygen atoms in total. The van der Waals surface area contributed by atoms with E-state index in [1.807, 2.05) is 0 Å². The van der Waals surface area contributed by atoms with Crippen molar-refractivity contribution < 1.29 is 4.74 Å². The van der Waals surface area contributed by atoms with Gasteiger partial charge >= 0.3 is 0 Å². The molecule has 1 saturated heterocycles. The Labute approximate surface area is 117 Å². The SMILES string of the molecule is CC(C)CN(CC1(N)C2CCOC2C1(C)C)C1CC1. The lowest BCUT2D eigenvalue weighted by molar-refractivity contribution is -0.164. The molecule has 3 unspecified atom stereocenters. The van der Waals surface area contributed by atoms with Gasteiger partial charge in [-0.15, -0.1) is 0 Å². The van der Waals surface area contributed by atoms with Crippen LogP contribution in [0.2, 0.25) is 0 Å². The van der Waals surface area contributed by atoms with Crippen LogP contribution in [0.1, 0.15) is 47.0 Å². The van der Waals surface area contributed by atoms with Crippen molar-refractivity contribution in [1.82, 2.24) is 4.90 Å². The van der Waals surface area contributed by atoms with E-state index in [-0.39, 0.29) is 11.0 Å². The van der Waals surface area contributed by atoms with Crippen molar-refractivity contribution >= 4 is 0 Å². The van der Waals surface area contributed by atoms with E-state index in [0.717, 1.165) is 31.5 Å². The summed E-state index contributed by atoms with van der Waals surface area (Å²) in [5.74, 6) is 1.30. The standard InChI is InChI=1S/C16H30N2O/c1-11(2)9-18(12-5-6-12)10-16(17)13-7-8-19-14(13)15(16,3)4/h11-14H,5-10,17H2,1-4H3. The van der Waals surface area contributed by atoms with Gasteiger partial charge in [0.15, 0.2) is 0 Å². The summed E-state index contributed by atoms with van der Waals surface area (Å²) in [6, 6.07) is 0.806. The quantitative estimate of drug-likeness (QED) is 0.829. The molecular formula is C16H30N2O. The highest BCUT2D eigenvalue weighted by atomic mass is 16.5. The smallest absolute Gasteiger partial charge is 0.0691 e. The maximum absolute atomic E-state index is 6.89. The maximum Gasteiger partial charge on any atom is 0.0691 e. The molecule has 2 N–H and O–H groups in total. The number of nitrogens with zero attached hydrogens (tertiary/aromatic N) is 1. The van der Waals surface area contributed by atoms with Gasteiger partial charge < -0.3 is 10.5 Å². The minimum atomic E-state index is -0.0500. The summed E-state index contributed by atoms with van der Waals surface area (Å²) in [7, 11) is 0. The molecule has 0 radical (unpaired) electrons. The zero-order valence-corrected chi connectivity index (χ0v) is 13.0. The monoisotopic (exact) mass is 266 g/mol. The van der Waals surface area contributed by atoms with E-state index < -0.39 is 0 Å². The molecule has 0 aromatic heterocycles. The van der Waals surface area contributed by atoms with E-state index in [4.69, 9.17) is 10.5 Å². The topological polar surface area (TPSA) is 38.5 Å². The van der Waals surface area contributed by atoms with Gasteiger partial charge in [-0.25, -0.2) is 0 Å². The predicted molar refractivity (Wildman–Crippen MR) is 78.0 cm³/mol. The molecule has 3 rings (SSSR count). The third-order valence-electron chi connectivity index (χ3n) is 5.79. The summed E-state index contributed by atoms with van der Waals surface area (Å²) in [6.45, 7) is 12.4. The average Bonchev–Trinajstić information content (AvgIpc) is 3.04. The normalized spacial score (nSPS) is 40.6. The minimum absolute atomic E-state index is 0.0500. The lowest BCUT2D eigenvalue weighted by Gasteiger charge is -2.63. The van der Waals surface area contributed by atoms with Crippen molar-refractivity contribution in [2.45, 2.75) is 64.6 Å². The van der Waals surface area contributed by atoms with Crippen LogP contribution in [0.5, 0.6) is 0 Å². The van der Waals surface area contributed by atoms with Gasteiger partial charge in [0.25, 0.3) is 0 Å². The fourth-order valence-electron chi connectivity index (χ4n) is 4.38. The van der Waals surface area contributed by atoms with Crippen molar-refractivity contribution in [2.75, 3.05) is 19.7 Å². The number of fused-ring (bicyclic) bond motifs is 1. The molecule has 2 aliphatic carbocycles. The molecule has 3 heteroatoms. The van der Waals surface area contributed by atoms with Crippen LogP contribution >= 0.6 is 0 Å². The lowest BCUT2D eigenvalue weighted by atomic mass is 9.48. The van der Waals surface area contributed by atoms with Gasteiger partial charge in [-0.2, -0.15) is 0 Å². The van der Waals surface area contributed by atoms with Crippen molar-refractivity contribution in [3.8, 4) is 0 Å². The second-order valence-electron chi connectivity index (χ2n) is 8.00. The molecule has 0 amide bonds. The van der Waals surface area contributed by atoms with Crippen LogP contribution in [0.4, 0.5) is 0 Å². The summed E-state index contributed by atoms with van der Waals surface area (Å²) in [6.07, 6.45) is 4.30. The molecular weight excluding hydrogens is 236 g/mol. The van der Waals surface area contributed by atoms with E-state index in [1.54, 1.807) is 0 Å². The van der Waals surface area contributed by atoms with E-state index in [9.17, 15) is 0 Å². The van der Waals surface area contributed by atoms with E-state index in [2.05, 4.69) is 32.6 Å². The molecule has 19 heavy (non-hydrogen) atoms.